The van der Waals surface area contributed by atoms with Crippen molar-refractivity contribution < 1.29 is 29.0 Å². The molecule has 14 heteroatoms. The highest BCUT2D eigenvalue weighted by Gasteiger charge is 2.21. The Kier molecular flexibility index (Phi) is 8.74. The van der Waals surface area contributed by atoms with Gasteiger partial charge in [-0.15, -0.1) is 0 Å². The minimum atomic E-state index is -1.22. The first-order valence-corrected chi connectivity index (χ1v) is 10.8. The number of hydrogen-bond acceptors (Lipinski definition) is 8. The van der Waals surface area contributed by atoms with E-state index >= 15 is 0 Å². The van der Waals surface area contributed by atoms with Gasteiger partial charge in [0, 0.05) is 19.0 Å². The Morgan fingerprint density at radius 2 is 1.91 bits per heavy atom. The molecule has 0 fully saturated rings. The number of alkyl carbamates (subject to hydrolysis) is 1. The summed E-state index contributed by atoms with van der Waals surface area (Å²) in [6.45, 7) is 7.56. The van der Waals surface area contributed by atoms with Crippen LogP contribution < -0.4 is 10.6 Å². The molecule has 0 spiro atoms. The zero-order valence-electron chi connectivity index (χ0n) is 19.6. The number of aromatic nitrogens is 4. The number of aliphatic carboxylic acids is 1. The van der Waals surface area contributed by atoms with E-state index in [0.29, 0.717) is 0 Å². The molecule has 2 aromatic rings. The highest BCUT2D eigenvalue weighted by atomic mass is 35.5. The van der Waals surface area contributed by atoms with Gasteiger partial charge in [-0.1, -0.05) is 25.4 Å². The summed E-state index contributed by atoms with van der Waals surface area (Å²) >= 11 is 6.15. The minimum Gasteiger partial charge on any atom is -0.480 e. The minimum absolute atomic E-state index is 0.0146. The number of amides is 3. The van der Waals surface area contributed by atoms with Gasteiger partial charge in [-0.25, -0.2) is 9.78 Å². The lowest BCUT2D eigenvalue weighted by Crippen LogP contribution is -2.43. The maximum atomic E-state index is 12.9. The van der Waals surface area contributed by atoms with Crippen LogP contribution in [-0.2, 0) is 25.7 Å². The molecular weight excluding hydrogens is 470 g/mol. The van der Waals surface area contributed by atoms with Crippen LogP contribution in [0.15, 0.2) is 6.33 Å². The third-order valence-electron chi connectivity index (χ3n) is 4.22. The molecule has 2 aromatic heterocycles. The van der Waals surface area contributed by atoms with Crippen LogP contribution in [0, 0.1) is 5.92 Å². The van der Waals surface area contributed by atoms with Gasteiger partial charge >= 0.3 is 12.1 Å². The second-order valence-electron chi connectivity index (χ2n) is 8.66. The highest BCUT2D eigenvalue weighted by Crippen LogP contribution is 2.21. The summed E-state index contributed by atoms with van der Waals surface area (Å²) in [7, 11) is 0. The fraction of sp³-hybridized carbons (Fsp3) is 0.550. The molecule has 2 rings (SSSR count). The van der Waals surface area contributed by atoms with Gasteiger partial charge in [0.1, 0.15) is 24.2 Å². The SMILES string of the molecule is CC(C)C(=O)Nc1nc(Cl)c2ncn(CC(=O)N(CCNC(=O)OC(C)(C)C)CC(=O)O)c2n1. The Bertz CT molecular complexity index is 1080. The monoisotopic (exact) mass is 497 g/mol. The number of nitrogens with one attached hydrogen (secondary N) is 2. The third kappa shape index (κ3) is 7.83. The molecule has 0 aliphatic rings. The molecule has 3 N–H and O–H groups in total. The van der Waals surface area contributed by atoms with Crippen molar-refractivity contribution in [2.75, 3.05) is 25.0 Å². The van der Waals surface area contributed by atoms with E-state index in [2.05, 4.69) is 25.6 Å². The van der Waals surface area contributed by atoms with E-state index in [1.165, 1.54) is 10.9 Å². The third-order valence-corrected chi connectivity index (χ3v) is 4.48. The van der Waals surface area contributed by atoms with E-state index in [1.54, 1.807) is 34.6 Å². The number of carbonyl (C=O) groups is 4. The van der Waals surface area contributed by atoms with E-state index in [-0.39, 0.29) is 53.7 Å². The average molecular weight is 498 g/mol. The molecular formula is C20H28ClN7O6. The molecule has 0 aliphatic carbocycles. The van der Waals surface area contributed by atoms with Crippen molar-refractivity contribution in [3.63, 3.8) is 0 Å². The van der Waals surface area contributed by atoms with Crippen LogP contribution in [0.1, 0.15) is 34.6 Å². The number of hydrogen-bond donors (Lipinski definition) is 3. The average Bonchev–Trinajstić information content (AvgIpc) is 3.08. The van der Waals surface area contributed by atoms with E-state index in [9.17, 15) is 24.3 Å². The molecule has 0 aliphatic heterocycles. The second kappa shape index (κ2) is 11.1. The van der Waals surface area contributed by atoms with Crippen LogP contribution in [0.2, 0.25) is 5.15 Å². The fourth-order valence-electron chi connectivity index (χ4n) is 2.64. The normalized spacial score (nSPS) is 11.4. The van der Waals surface area contributed by atoms with E-state index in [0.717, 1.165) is 4.90 Å². The standard InChI is InChI=1S/C20H28ClN7O6/c1-11(2)17(32)26-18-24-15(21)14-16(25-18)28(10-23-14)8-12(29)27(9-13(30)31)7-6-22-19(33)34-20(3,4)5/h10-11H,6-9H2,1-5H3,(H,22,33)(H,30,31)(H,24,25,26,32). The van der Waals surface area contributed by atoms with Crippen molar-refractivity contribution in [2.45, 2.75) is 46.8 Å². The number of halogens is 1. The second-order valence-corrected chi connectivity index (χ2v) is 9.02. The molecule has 3 amide bonds. The molecule has 0 bridgehead atoms. The van der Waals surface area contributed by atoms with Gasteiger partial charge in [0.15, 0.2) is 10.8 Å². The summed E-state index contributed by atoms with van der Waals surface area (Å²) in [5.74, 6) is -2.46. The van der Waals surface area contributed by atoms with Crippen molar-refractivity contribution in [3.8, 4) is 0 Å². The van der Waals surface area contributed by atoms with Gasteiger partial charge in [-0.2, -0.15) is 9.97 Å². The molecule has 0 atom stereocenters. The van der Waals surface area contributed by atoms with Gasteiger partial charge in [-0.05, 0) is 20.8 Å². The van der Waals surface area contributed by atoms with Crippen molar-refractivity contribution in [3.05, 3.63) is 11.5 Å². The number of imidazole rings is 1. The molecule has 0 saturated carbocycles. The van der Waals surface area contributed by atoms with Crippen LogP contribution in [0.4, 0.5) is 10.7 Å². The van der Waals surface area contributed by atoms with Gasteiger partial charge in [0.05, 0.1) is 6.33 Å². The number of carbonyl (C=O) groups excluding carboxylic acids is 3. The number of rotatable bonds is 9. The highest BCUT2D eigenvalue weighted by molar-refractivity contribution is 6.33. The van der Waals surface area contributed by atoms with Crippen LogP contribution in [0.25, 0.3) is 11.2 Å². The van der Waals surface area contributed by atoms with Gasteiger partial charge < -0.3 is 24.6 Å². The molecule has 2 heterocycles. The zero-order valence-corrected chi connectivity index (χ0v) is 20.3. The van der Waals surface area contributed by atoms with Crippen LogP contribution >= 0.6 is 11.6 Å². The number of fused-ring (bicyclic) bond motifs is 1. The largest absolute Gasteiger partial charge is 0.480 e. The molecule has 0 radical (unpaired) electrons. The Labute approximate surface area is 200 Å². The maximum Gasteiger partial charge on any atom is 0.407 e. The number of anilines is 1. The number of carboxylic acid groups (broad SMARTS) is 1. The molecule has 34 heavy (non-hydrogen) atoms. The first-order chi connectivity index (χ1) is 15.8. The molecule has 186 valence electrons. The smallest absolute Gasteiger partial charge is 0.407 e. The van der Waals surface area contributed by atoms with Crippen LogP contribution in [0.5, 0.6) is 0 Å². The van der Waals surface area contributed by atoms with Gasteiger partial charge in [0.2, 0.25) is 17.8 Å². The molecule has 0 saturated heterocycles. The number of carboxylic acids is 1. The number of nitrogens with zero attached hydrogens (tertiary/aromatic N) is 5. The van der Waals surface area contributed by atoms with Crippen molar-refractivity contribution in [1.82, 2.24) is 29.7 Å². The first-order valence-electron chi connectivity index (χ1n) is 10.4. The Balaban J connectivity index is 2.15. The van der Waals surface area contributed by atoms with Crippen molar-refractivity contribution >= 4 is 52.6 Å². The summed E-state index contributed by atoms with van der Waals surface area (Å²) in [5.41, 5.74) is -0.289. The first kappa shape index (κ1) is 26.8. The van der Waals surface area contributed by atoms with E-state index in [1.807, 2.05) is 0 Å². The molecule has 0 aromatic carbocycles. The summed E-state index contributed by atoms with van der Waals surface area (Å²) in [4.78, 5) is 61.3. The van der Waals surface area contributed by atoms with Crippen molar-refractivity contribution in [2.24, 2.45) is 5.92 Å². The molecule has 13 nitrogen and oxygen atoms in total. The Morgan fingerprint density at radius 3 is 2.50 bits per heavy atom. The lowest BCUT2D eigenvalue weighted by atomic mass is 10.2. The Morgan fingerprint density at radius 1 is 1.24 bits per heavy atom. The van der Waals surface area contributed by atoms with E-state index < -0.39 is 30.1 Å². The quantitative estimate of drug-likeness (QED) is 0.434. The topological polar surface area (TPSA) is 169 Å². The summed E-state index contributed by atoms with van der Waals surface area (Å²) in [5, 5.41) is 14.2. The maximum absolute atomic E-state index is 12.9. The van der Waals surface area contributed by atoms with Gasteiger partial charge in [-0.3, -0.25) is 19.7 Å². The van der Waals surface area contributed by atoms with Crippen LogP contribution in [-0.4, -0.2) is 78.6 Å². The lowest BCUT2D eigenvalue weighted by molar-refractivity contribution is -0.144. The van der Waals surface area contributed by atoms with Crippen LogP contribution in [0.3, 0.4) is 0 Å². The summed E-state index contributed by atoms with van der Waals surface area (Å²) in [6, 6.07) is 0. The summed E-state index contributed by atoms with van der Waals surface area (Å²) < 4.78 is 6.49. The number of ether oxygens (including phenoxy) is 1. The fourth-order valence-corrected chi connectivity index (χ4v) is 2.86. The lowest BCUT2D eigenvalue weighted by Gasteiger charge is -2.23. The van der Waals surface area contributed by atoms with E-state index in [4.69, 9.17) is 16.3 Å². The van der Waals surface area contributed by atoms with Gasteiger partial charge in [0.25, 0.3) is 0 Å². The predicted octanol–water partition coefficient (Wildman–Crippen LogP) is 1.51. The Hall–Kier alpha value is -3.48. The summed E-state index contributed by atoms with van der Waals surface area (Å²) in [6.07, 6.45) is 0.632. The zero-order chi connectivity index (χ0) is 25.6. The molecule has 0 unspecified atom stereocenters. The predicted molar refractivity (Wildman–Crippen MR) is 122 cm³/mol. The van der Waals surface area contributed by atoms with Crippen molar-refractivity contribution in [1.29, 1.82) is 0 Å².